The third-order valence-electron chi connectivity index (χ3n) is 3.97. The van der Waals surface area contributed by atoms with E-state index in [0.29, 0.717) is 27.6 Å². The molecule has 0 atom stereocenters. The minimum Gasteiger partial charge on any atom is -0.497 e. The molecule has 0 aliphatic heterocycles. The molecule has 0 radical (unpaired) electrons. The summed E-state index contributed by atoms with van der Waals surface area (Å²) in [4.78, 5) is 24.7. The van der Waals surface area contributed by atoms with Gasteiger partial charge in [-0.1, -0.05) is 41.9 Å². The third kappa shape index (κ3) is 5.43. The monoisotopic (exact) mass is 407 g/mol. The second-order valence-corrected chi connectivity index (χ2v) is 6.40. The summed E-state index contributed by atoms with van der Waals surface area (Å²) < 4.78 is 5.14. The second kappa shape index (κ2) is 9.52. The number of amides is 2. The molecule has 3 aromatic carbocycles. The molecule has 2 N–H and O–H groups in total. The van der Waals surface area contributed by atoms with Crippen molar-refractivity contribution in [1.82, 2.24) is 5.43 Å². The number of hydrazone groups is 1. The summed E-state index contributed by atoms with van der Waals surface area (Å²) in [5, 5.41) is 7.04. The van der Waals surface area contributed by atoms with Crippen molar-refractivity contribution in [2.75, 3.05) is 12.4 Å². The maximum absolute atomic E-state index is 12.4. The predicted octanol–water partition coefficient (Wildman–Crippen LogP) is 4.36. The highest BCUT2D eigenvalue weighted by Crippen LogP contribution is 2.18. The van der Waals surface area contributed by atoms with E-state index in [2.05, 4.69) is 15.8 Å². The fourth-order valence-corrected chi connectivity index (χ4v) is 2.76. The average Bonchev–Trinajstić information content (AvgIpc) is 2.74. The molecule has 0 aromatic heterocycles. The van der Waals surface area contributed by atoms with Crippen molar-refractivity contribution in [3.8, 4) is 5.75 Å². The number of ether oxygens (including phenoxy) is 1. The Hall–Kier alpha value is -3.64. The Kier molecular flexibility index (Phi) is 6.60. The molecule has 0 aliphatic rings. The van der Waals surface area contributed by atoms with Crippen LogP contribution in [0.25, 0.3) is 0 Å². The minimum atomic E-state index is -0.405. The van der Waals surface area contributed by atoms with Crippen molar-refractivity contribution < 1.29 is 14.3 Å². The van der Waals surface area contributed by atoms with Gasteiger partial charge in [-0.2, -0.15) is 5.10 Å². The number of methoxy groups -OCH3 is 1. The molecule has 3 aromatic rings. The summed E-state index contributed by atoms with van der Waals surface area (Å²) in [7, 11) is 1.58. The topological polar surface area (TPSA) is 79.8 Å². The zero-order valence-electron chi connectivity index (χ0n) is 15.6. The second-order valence-electron chi connectivity index (χ2n) is 5.99. The molecular weight excluding hydrogens is 390 g/mol. The predicted molar refractivity (Wildman–Crippen MR) is 114 cm³/mol. The lowest BCUT2D eigenvalue weighted by Gasteiger charge is -2.08. The van der Waals surface area contributed by atoms with Gasteiger partial charge in [-0.05, 0) is 48.0 Å². The largest absolute Gasteiger partial charge is 0.497 e. The Morgan fingerprint density at radius 2 is 1.76 bits per heavy atom. The maximum atomic E-state index is 12.4. The molecule has 0 spiro atoms. The Labute approximate surface area is 173 Å². The molecule has 0 unspecified atom stereocenters. The van der Waals surface area contributed by atoms with Gasteiger partial charge in [0.1, 0.15) is 5.75 Å². The molecule has 0 aliphatic carbocycles. The highest BCUT2D eigenvalue weighted by atomic mass is 35.5. The lowest BCUT2D eigenvalue weighted by molar-refractivity contribution is 0.0953. The molecule has 0 fully saturated rings. The van der Waals surface area contributed by atoms with E-state index in [-0.39, 0.29) is 5.91 Å². The van der Waals surface area contributed by atoms with E-state index in [1.807, 2.05) is 18.2 Å². The van der Waals surface area contributed by atoms with E-state index < -0.39 is 5.91 Å². The number of halogens is 1. The summed E-state index contributed by atoms with van der Waals surface area (Å²) in [6.07, 6.45) is 1.52. The quantitative estimate of drug-likeness (QED) is 0.470. The SMILES string of the molecule is COc1cccc(C=NNC(=O)c2cccc(NC(=O)c3ccccc3Cl)c2)c1. The van der Waals surface area contributed by atoms with E-state index >= 15 is 0 Å². The van der Waals surface area contributed by atoms with Crippen LogP contribution in [-0.4, -0.2) is 25.1 Å². The van der Waals surface area contributed by atoms with Gasteiger partial charge >= 0.3 is 0 Å². The number of hydrogen-bond acceptors (Lipinski definition) is 4. The summed E-state index contributed by atoms with van der Waals surface area (Å²) in [5.74, 6) is -0.0653. The number of nitrogens with one attached hydrogen (secondary N) is 2. The number of nitrogens with zero attached hydrogens (tertiary/aromatic N) is 1. The lowest BCUT2D eigenvalue weighted by Crippen LogP contribution is -2.18. The Bertz CT molecular complexity index is 1070. The van der Waals surface area contributed by atoms with Gasteiger partial charge in [0.2, 0.25) is 0 Å². The number of carbonyl (C=O) groups excluding carboxylic acids is 2. The Morgan fingerprint density at radius 3 is 2.55 bits per heavy atom. The third-order valence-corrected chi connectivity index (χ3v) is 4.30. The Morgan fingerprint density at radius 1 is 0.966 bits per heavy atom. The molecule has 146 valence electrons. The first kappa shape index (κ1) is 20.1. The van der Waals surface area contributed by atoms with E-state index in [9.17, 15) is 9.59 Å². The molecule has 0 saturated heterocycles. The first-order chi connectivity index (χ1) is 14.1. The van der Waals surface area contributed by atoms with E-state index in [1.54, 1.807) is 61.7 Å². The van der Waals surface area contributed by atoms with Crippen molar-refractivity contribution in [3.05, 3.63) is 94.5 Å². The van der Waals surface area contributed by atoms with Crippen LogP contribution in [0.2, 0.25) is 5.02 Å². The van der Waals surface area contributed by atoms with Crippen LogP contribution >= 0.6 is 11.6 Å². The molecule has 3 rings (SSSR count). The fraction of sp³-hybridized carbons (Fsp3) is 0.0455. The van der Waals surface area contributed by atoms with Gasteiger partial charge in [-0.15, -0.1) is 0 Å². The van der Waals surface area contributed by atoms with Crippen LogP contribution < -0.4 is 15.5 Å². The Balaban J connectivity index is 1.65. The number of rotatable bonds is 6. The van der Waals surface area contributed by atoms with Crippen molar-refractivity contribution in [1.29, 1.82) is 0 Å². The van der Waals surface area contributed by atoms with Crippen molar-refractivity contribution >= 4 is 35.3 Å². The van der Waals surface area contributed by atoms with E-state index in [1.165, 1.54) is 6.21 Å². The van der Waals surface area contributed by atoms with Gasteiger partial charge in [0.25, 0.3) is 11.8 Å². The average molecular weight is 408 g/mol. The van der Waals surface area contributed by atoms with E-state index in [4.69, 9.17) is 16.3 Å². The van der Waals surface area contributed by atoms with Crippen LogP contribution in [0.1, 0.15) is 26.3 Å². The molecule has 6 nitrogen and oxygen atoms in total. The highest BCUT2D eigenvalue weighted by molar-refractivity contribution is 6.34. The van der Waals surface area contributed by atoms with Gasteiger partial charge < -0.3 is 10.1 Å². The van der Waals surface area contributed by atoms with Gasteiger partial charge in [0.15, 0.2) is 0 Å². The number of benzene rings is 3. The maximum Gasteiger partial charge on any atom is 0.271 e. The zero-order chi connectivity index (χ0) is 20.6. The minimum absolute atomic E-state index is 0.352. The van der Waals surface area contributed by atoms with Crippen molar-refractivity contribution in [2.24, 2.45) is 5.10 Å². The highest BCUT2D eigenvalue weighted by Gasteiger charge is 2.11. The van der Waals surface area contributed by atoms with E-state index in [0.717, 1.165) is 5.56 Å². The molecule has 0 saturated carbocycles. The van der Waals surface area contributed by atoms with Crippen LogP contribution in [0.15, 0.2) is 77.9 Å². The normalized spacial score (nSPS) is 10.6. The molecule has 2 amide bonds. The summed E-state index contributed by atoms with van der Waals surface area (Å²) in [6.45, 7) is 0. The molecule has 0 heterocycles. The van der Waals surface area contributed by atoms with Crippen LogP contribution in [0.3, 0.4) is 0 Å². The standard InChI is InChI=1S/C22H18ClN3O3/c1-29-18-9-4-6-15(12-18)14-24-26-21(27)16-7-5-8-17(13-16)25-22(28)19-10-2-3-11-20(19)23/h2-14H,1H3,(H,25,28)(H,26,27). The summed E-state index contributed by atoms with van der Waals surface area (Å²) in [6, 6.07) is 20.6. The molecule has 7 heteroatoms. The van der Waals surface area contributed by atoms with Crippen molar-refractivity contribution in [2.45, 2.75) is 0 Å². The van der Waals surface area contributed by atoms with Crippen LogP contribution in [0, 0.1) is 0 Å². The fourth-order valence-electron chi connectivity index (χ4n) is 2.53. The summed E-state index contributed by atoms with van der Waals surface area (Å²) >= 11 is 6.05. The first-order valence-corrected chi connectivity index (χ1v) is 9.08. The zero-order valence-corrected chi connectivity index (χ0v) is 16.3. The van der Waals surface area contributed by atoms with Gasteiger partial charge in [-0.3, -0.25) is 9.59 Å². The number of carbonyl (C=O) groups is 2. The van der Waals surface area contributed by atoms with Crippen LogP contribution in [-0.2, 0) is 0 Å². The van der Waals surface area contributed by atoms with Gasteiger partial charge in [0, 0.05) is 11.3 Å². The van der Waals surface area contributed by atoms with Gasteiger partial charge in [0.05, 0.1) is 23.9 Å². The smallest absolute Gasteiger partial charge is 0.271 e. The van der Waals surface area contributed by atoms with Crippen LogP contribution in [0.4, 0.5) is 5.69 Å². The summed E-state index contributed by atoms with van der Waals surface area (Å²) in [5.41, 5.74) is 4.42. The first-order valence-electron chi connectivity index (χ1n) is 8.70. The molecule has 29 heavy (non-hydrogen) atoms. The van der Waals surface area contributed by atoms with Gasteiger partial charge in [-0.25, -0.2) is 5.43 Å². The number of anilines is 1. The lowest BCUT2D eigenvalue weighted by atomic mass is 10.1. The molecular formula is C22H18ClN3O3. The molecule has 0 bridgehead atoms. The van der Waals surface area contributed by atoms with Crippen molar-refractivity contribution in [3.63, 3.8) is 0 Å². The van der Waals surface area contributed by atoms with Crippen LogP contribution in [0.5, 0.6) is 5.75 Å². The number of hydrogen-bond donors (Lipinski definition) is 2.